The molecule has 0 radical (unpaired) electrons. The SMILES string of the molecule is CCC1CCCC(N2CCNC[C@H]2C)C1. The van der Waals surface area contributed by atoms with Crippen LogP contribution in [0.4, 0.5) is 0 Å². The first-order chi connectivity index (χ1) is 7.31. The van der Waals surface area contributed by atoms with Gasteiger partial charge < -0.3 is 5.32 Å². The van der Waals surface area contributed by atoms with Crippen LogP contribution in [0.5, 0.6) is 0 Å². The molecule has 0 spiro atoms. The molecule has 0 aromatic heterocycles. The van der Waals surface area contributed by atoms with Crippen molar-refractivity contribution >= 4 is 0 Å². The smallest absolute Gasteiger partial charge is 0.0195 e. The van der Waals surface area contributed by atoms with Gasteiger partial charge in [-0.2, -0.15) is 0 Å². The van der Waals surface area contributed by atoms with Crippen molar-refractivity contribution in [3.05, 3.63) is 0 Å². The third kappa shape index (κ3) is 2.73. The van der Waals surface area contributed by atoms with E-state index < -0.39 is 0 Å². The third-order valence-corrected chi connectivity index (χ3v) is 4.35. The van der Waals surface area contributed by atoms with E-state index in [1.165, 1.54) is 51.7 Å². The first-order valence-electron chi connectivity index (χ1n) is 6.77. The van der Waals surface area contributed by atoms with Gasteiger partial charge in [0.05, 0.1) is 0 Å². The molecule has 15 heavy (non-hydrogen) atoms. The van der Waals surface area contributed by atoms with E-state index in [0.29, 0.717) is 0 Å². The maximum Gasteiger partial charge on any atom is 0.0195 e. The van der Waals surface area contributed by atoms with Gasteiger partial charge in [0.1, 0.15) is 0 Å². The minimum atomic E-state index is 0.749. The van der Waals surface area contributed by atoms with E-state index >= 15 is 0 Å². The Labute approximate surface area is 94.4 Å². The fourth-order valence-electron chi connectivity index (χ4n) is 3.33. The van der Waals surface area contributed by atoms with E-state index in [4.69, 9.17) is 0 Å². The van der Waals surface area contributed by atoms with Crippen molar-refractivity contribution in [3.63, 3.8) is 0 Å². The molecule has 1 heterocycles. The second-order valence-electron chi connectivity index (χ2n) is 5.39. The zero-order valence-corrected chi connectivity index (χ0v) is 10.3. The lowest BCUT2D eigenvalue weighted by molar-refractivity contribution is 0.0741. The van der Waals surface area contributed by atoms with Crippen LogP contribution in [-0.2, 0) is 0 Å². The van der Waals surface area contributed by atoms with Crippen LogP contribution in [0, 0.1) is 5.92 Å². The van der Waals surface area contributed by atoms with Crippen molar-refractivity contribution in [2.45, 2.75) is 58.0 Å². The number of rotatable bonds is 2. The van der Waals surface area contributed by atoms with Gasteiger partial charge in [-0.3, -0.25) is 4.90 Å². The Morgan fingerprint density at radius 1 is 1.33 bits per heavy atom. The van der Waals surface area contributed by atoms with Gasteiger partial charge in [-0.15, -0.1) is 0 Å². The fourth-order valence-corrected chi connectivity index (χ4v) is 3.33. The van der Waals surface area contributed by atoms with Gasteiger partial charge in [0.15, 0.2) is 0 Å². The van der Waals surface area contributed by atoms with E-state index in [9.17, 15) is 0 Å². The van der Waals surface area contributed by atoms with E-state index in [2.05, 4.69) is 24.1 Å². The first-order valence-corrected chi connectivity index (χ1v) is 6.77. The molecule has 2 aliphatic rings. The molecule has 2 heteroatoms. The summed E-state index contributed by atoms with van der Waals surface area (Å²) in [5, 5.41) is 3.49. The quantitative estimate of drug-likeness (QED) is 0.752. The average molecular weight is 210 g/mol. The normalized spacial score (nSPS) is 39.2. The predicted molar refractivity (Wildman–Crippen MR) is 65.1 cm³/mol. The summed E-state index contributed by atoms with van der Waals surface area (Å²) in [4.78, 5) is 2.76. The molecule has 1 saturated carbocycles. The lowest BCUT2D eigenvalue weighted by atomic mass is 9.83. The van der Waals surface area contributed by atoms with Gasteiger partial charge in [-0.25, -0.2) is 0 Å². The van der Waals surface area contributed by atoms with Crippen molar-refractivity contribution in [2.24, 2.45) is 5.92 Å². The molecule has 2 unspecified atom stereocenters. The highest BCUT2D eigenvalue weighted by molar-refractivity contribution is 4.86. The van der Waals surface area contributed by atoms with Gasteiger partial charge in [-0.1, -0.05) is 26.2 Å². The number of nitrogens with zero attached hydrogens (tertiary/aromatic N) is 1. The topological polar surface area (TPSA) is 15.3 Å². The highest BCUT2D eigenvalue weighted by Crippen LogP contribution is 2.30. The largest absolute Gasteiger partial charge is 0.314 e. The molecule has 2 fully saturated rings. The summed E-state index contributed by atoms with van der Waals surface area (Å²) in [6, 6.07) is 1.64. The molecule has 0 aromatic rings. The van der Waals surface area contributed by atoms with Crippen molar-refractivity contribution < 1.29 is 0 Å². The molecule has 88 valence electrons. The van der Waals surface area contributed by atoms with Crippen molar-refractivity contribution in [1.82, 2.24) is 10.2 Å². The Morgan fingerprint density at radius 2 is 2.20 bits per heavy atom. The molecule has 1 N–H and O–H groups in total. The van der Waals surface area contributed by atoms with Crippen LogP contribution >= 0.6 is 0 Å². The monoisotopic (exact) mass is 210 g/mol. The molecule has 1 saturated heterocycles. The highest BCUT2D eigenvalue weighted by Gasteiger charge is 2.29. The minimum Gasteiger partial charge on any atom is -0.314 e. The van der Waals surface area contributed by atoms with E-state index in [1.54, 1.807) is 0 Å². The zero-order chi connectivity index (χ0) is 10.7. The maximum absolute atomic E-state index is 3.49. The molecule has 0 bridgehead atoms. The molecule has 2 rings (SSSR count). The number of piperazine rings is 1. The number of hydrogen-bond donors (Lipinski definition) is 1. The van der Waals surface area contributed by atoms with Crippen LogP contribution < -0.4 is 5.32 Å². The van der Waals surface area contributed by atoms with Gasteiger partial charge in [0, 0.05) is 31.7 Å². The van der Waals surface area contributed by atoms with Gasteiger partial charge in [0.25, 0.3) is 0 Å². The molecule has 1 aliphatic heterocycles. The Kier molecular flexibility index (Phi) is 4.04. The second-order valence-corrected chi connectivity index (χ2v) is 5.39. The Morgan fingerprint density at radius 3 is 2.93 bits per heavy atom. The maximum atomic E-state index is 3.49. The van der Waals surface area contributed by atoms with E-state index in [-0.39, 0.29) is 0 Å². The van der Waals surface area contributed by atoms with Crippen LogP contribution in [0.2, 0.25) is 0 Å². The van der Waals surface area contributed by atoms with E-state index in [0.717, 1.165) is 18.0 Å². The summed E-state index contributed by atoms with van der Waals surface area (Å²) in [5.74, 6) is 1.01. The second kappa shape index (κ2) is 5.31. The summed E-state index contributed by atoms with van der Waals surface area (Å²) in [6.45, 7) is 8.38. The summed E-state index contributed by atoms with van der Waals surface area (Å²) in [5.41, 5.74) is 0. The lowest BCUT2D eigenvalue weighted by Crippen LogP contribution is -2.54. The predicted octanol–water partition coefficient (Wildman–Crippen LogP) is 2.25. The summed E-state index contributed by atoms with van der Waals surface area (Å²) in [6.07, 6.45) is 7.23. The molecular formula is C13H26N2. The molecule has 2 nitrogen and oxygen atoms in total. The highest BCUT2D eigenvalue weighted by atomic mass is 15.2. The molecule has 3 atom stereocenters. The van der Waals surface area contributed by atoms with E-state index in [1.807, 2.05) is 0 Å². The van der Waals surface area contributed by atoms with Crippen LogP contribution in [0.25, 0.3) is 0 Å². The molecular weight excluding hydrogens is 184 g/mol. The van der Waals surface area contributed by atoms with Crippen molar-refractivity contribution in [2.75, 3.05) is 19.6 Å². The first kappa shape index (κ1) is 11.4. The van der Waals surface area contributed by atoms with Crippen LogP contribution in [0.15, 0.2) is 0 Å². The van der Waals surface area contributed by atoms with Crippen LogP contribution in [0.3, 0.4) is 0 Å². The van der Waals surface area contributed by atoms with Gasteiger partial charge >= 0.3 is 0 Å². The fraction of sp³-hybridized carbons (Fsp3) is 1.00. The molecule has 0 aromatic carbocycles. The summed E-state index contributed by atoms with van der Waals surface area (Å²) in [7, 11) is 0. The van der Waals surface area contributed by atoms with Crippen LogP contribution in [-0.4, -0.2) is 36.6 Å². The molecule has 0 amide bonds. The average Bonchev–Trinajstić information content (AvgIpc) is 2.30. The Hall–Kier alpha value is -0.0800. The summed E-state index contributed by atoms with van der Waals surface area (Å²) >= 11 is 0. The summed E-state index contributed by atoms with van der Waals surface area (Å²) < 4.78 is 0. The molecule has 1 aliphatic carbocycles. The van der Waals surface area contributed by atoms with Gasteiger partial charge in [-0.05, 0) is 25.7 Å². The van der Waals surface area contributed by atoms with Crippen molar-refractivity contribution in [1.29, 1.82) is 0 Å². The standard InChI is InChI=1S/C13H26N2/c1-3-12-5-4-6-13(9-12)15-8-7-14-10-11(15)2/h11-14H,3-10H2,1-2H3/t11-,12?,13?/m1/s1. The van der Waals surface area contributed by atoms with Gasteiger partial charge in [0.2, 0.25) is 0 Å². The van der Waals surface area contributed by atoms with Crippen LogP contribution in [0.1, 0.15) is 46.0 Å². The number of nitrogens with one attached hydrogen (secondary N) is 1. The lowest BCUT2D eigenvalue weighted by Gasteiger charge is -2.43. The Balaban J connectivity index is 1.90. The number of hydrogen-bond acceptors (Lipinski definition) is 2. The third-order valence-electron chi connectivity index (χ3n) is 4.35. The zero-order valence-electron chi connectivity index (χ0n) is 10.3. The minimum absolute atomic E-state index is 0.749. The Bertz CT molecular complexity index is 193. The van der Waals surface area contributed by atoms with Crippen molar-refractivity contribution in [3.8, 4) is 0 Å².